The molecule has 0 radical (unpaired) electrons. The van der Waals surface area contributed by atoms with Gasteiger partial charge in [-0.1, -0.05) is 13.8 Å². The molecule has 2 rings (SSSR count). The highest BCUT2D eigenvalue weighted by Gasteiger charge is 2.34. The SMILES string of the molecule is CCC1(CNCC2CC2C)CCNCC1. The molecule has 2 atom stereocenters. The predicted molar refractivity (Wildman–Crippen MR) is 65.0 cm³/mol. The van der Waals surface area contributed by atoms with Crippen molar-refractivity contribution >= 4 is 0 Å². The first kappa shape index (κ1) is 11.4. The average Bonchev–Trinajstić information content (AvgIpc) is 2.96. The molecule has 2 nitrogen and oxygen atoms in total. The molecule has 2 aliphatic rings. The molecule has 2 heteroatoms. The van der Waals surface area contributed by atoms with Crippen LogP contribution in [0.2, 0.25) is 0 Å². The summed E-state index contributed by atoms with van der Waals surface area (Å²) in [5.74, 6) is 1.98. The van der Waals surface area contributed by atoms with E-state index in [-0.39, 0.29) is 0 Å². The molecule has 2 fully saturated rings. The molecule has 1 heterocycles. The van der Waals surface area contributed by atoms with E-state index in [1.807, 2.05) is 0 Å². The minimum Gasteiger partial charge on any atom is -0.317 e. The minimum atomic E-state index is 0.601. The number of hydrogen-bond donors (Lipinski definition) is 2. The molecule has 1 aliphatic heterocycles. The summed E-state index contributed by atoms with van der Waals surface area (Å²) in [4.78, 5) is 0. The van der Waals surface area contributed by atoms with Crippen molar-refractivity contribution < 1.29 is 0 Å². The van der Waals surface area contributed by atoms with E-state index in [2.05, 4.69) is 24.5 Å². The van der Waals surface area contributed by atoms with Gasteiger partial charge in [-0.25, -0.2) is 0 Å². The molecular weight excluding hydrogens is 184 g/mol. The first-order valence-corrected chi connectivity index (χ1v) is 6.67. The molecule has 88 valence electrons. The van der Waals surface area contributed by atoms with Crippen LogP contribution in [0.15, 0.2) is 0 Å². The fraction of sp³-hybridized carbons (Fsp3) is 1.00. The van der Waals surface area contributed by atoms with Crippen molar-refractivity contribution in [2.45, 2.75) is 39.5 Å². The zero-order valence-corrected chi connectivity index (χ0v) is 10.3. The lowest BCUT2D eigenvalue weighted by atomic mass is 9.76. The topological polar surface area (TPSA) is 24.1 Å². The van der Waals surface area contributed by atoms with E-state index in [1.165, 1.54) is 51.9 Å². The van der Waals surface area contributed by atoms with Crippen molar-refractivity contribution in [3.63, 3.8) is 0 Å². The van der Waals surface area contributed by atoms with Gasteiger partial charge in [0.2, 0.25) is 0 Å². The maximum Gasteiger partial charge on any atom is 0.000878 e. The van der Waals surface area contributed by atoms with Crippen LogP contribution < -0.4 is 10.6 Å². The van der Waals surface area contributed by atoms with E-state index < -0.39 is 0 Å². The monoisotopic (exact) mass is 210 g/mol. The van der Waals surface area contributed by atoms with E-state index in [9.17, 15) is 0 Å². The van der Waals surface area contributed by atoms with Gasteiger partial charge < -0.3 is 10.6 Å². The Labute approximate surface area is 94.2 Å². The fourth-order valence-electron chi connectivity index (χ4n) is 2.82. The van der Waals surface area contributed by atoms with Crippen LogP contribution in [-0.2, 0) is 0 Å². The van der Waals surface area contributed by atoms with Gasteiger partial charge in [-0.15, -0.1) is 0 Å². The normalized spacial score (nSPS) is 34.0. The summed E-state index contributed by atoms with van der Waals surface area (Å²) < 4.78 is 0. The molecule has 15 heavy (non-hydrogen) atoms. The third-order valence-electron chi connectivity index (χ3n) is 4.60. The Kier molecular flexibility index (Phi) is 3.68. The molecular formula is C13H26N2. The highest BCUT2D eigenvalue weighted by Crippen LogP contribution is 2.37. The summed E-state index contributed by atoms with van der Waals surface area (Å²) in [6, 6.07) is 0. The lowest BCUT2D eigenvalue weighted by Gasteiger charge is -2.37. The minimum absolute atomic E-state index is 0.601. The Balaban J connectivity index is 1.69. The maximum absolute atomic E-state index is 3.71. The Morgan fingerprint density at radius 1 is 1.33 bits per heavy atom. The van der Waals surface area contributed by atoms with Gasteiger partial charge in [-0.05, 0) is 62.6 Å². The van der Waals surface area contributed by atoms with Crippen molar-refractivity contribution in [2.75, 3.05) is 26.2 Å². The summed E-state index contributed by atoms with van der Waals surface area (Å²) in [7, 11) is 0. The van der Waals surface area contributed by atoms with Crippen LogP contribution in [-0.4, -0.2) is 26.2 Å². The molecule has 0 spiro atoms. The molecule has 1 aliphatic carbocycles. The molecule has 1 saturated carbocycles. The van der Waals surface area contributed by atoms with Crippen molar-refractivity contribution in [3.05, 3.63) is 0 Å². The Hall–Kier alpha value is -0.0800. The predicted octanol–water partition coefficient (Wildman–Crippen LogP) is 2.01. The average molecular weight is 210 g/mol. The summed E-state index contributed by atoms with van der Waals surface area (Å²) >= 11 is 0. The Bertz CT molecular complexity index is 197. The van der Waals surface area contributed by atoms with E-state index in [4.69, 9.17) is 0 Å². The molecule has 2 unspecified atom stereocenters. The van der Waals surface area contributed by atoms with Crippen LogP contribution in [0, 0.1) is 17.3 Å². The highest BCUT2D eigenvalue weighted by atomic mass is 14.9. The Morgan fingerprint density at radius 2 is 2.00 bits per heavy atom. The lowest BCUT2D eigenvalue weighted by Crippen LogP contribution is -2.43. The quantitative estimate of drug-likeness (QED) is 0.725. The number of hydrogen-bond acceptors (Lipinski definition) is 2. The molecule has 0 aromatic carbocycles. The molecule has 0 bridgehead atoms. The van der Waals surface area contributed by atoms with Gasteiger partial charge >= 0.3 is 0 Å². The van der Waals surface area contributed by atoms with Gasteiger partial charge in [0.1, 0.15) is 0 Å². The first-order valence-electron chi connectivity index (χ1n) is 6.67. The molecule has 2 N–H and O–H groups in total. The second-order valence-electron chi connectivity index (χ2n) is 5.71. The van der Waals surface area contributed by atoms with Gasteiger partial charge in [-0.3, -0.25) is 0 Å². The summed E-state index contributed by atoms with van der Waals surface area (Å²) in [6.45, 7) is 9.66. The smallest absolute Gasteiger partial charge is 0.000878 e. The number of piperidine rings is 1. The molecule has 0 aromatic rings. The van der Waals surface area contributed by atoms with Gasteiger partial charge in [0.15, 0.2) is 0 Å². The van der Waals surface area contributed by atoms with E-state index in [1.54, 1.807) is 0 Å². The van der Waals surface area contributed by atoms with Gasteiger partial charge in [0.05, 0.1) is 0 Å². The summed E-state index contributed by atoms with van der Waals surface area (Å²) in [6.07, 6.45) is 5.50. The third kappa shape index (κ3) is 2.94. The summed E-state index contributed by atoms with van der Waals surface area (Å²) in [5, 5.41) is 7.18. The number of rotatable bonds is 5. The second-order valence-corrected chi connectivity index (χ2v) is 5.71. The van der Waals surface area contributed by atoms with Crippen LogP contribution >= 0.6 is 0 Å². The first-order chi connectivity index (χ1) is 7.26. The van der Waals surface area contributed by atoms with Crippen molar-refractivity contribution in [2.24, 2.45) is 17.3 Å². The maximum atomic E-state index is 3.71. The van der Waals surface area contributed by atoms with Crippen LogP contribution in [0.25, 0.3) is 0 Å². The van der Waals surface area contributed by atoms with Crippen molar-refractivity contribution in [1.82, 2.24) is 10.6 Å². The number of nitrogens with one attached hydrogen (secondary N) is 2. The van der Waals surface area contributed by atoms with Crippen LogP contribution in [0.4, 0.5) is 0 Å². The highest BCUT2D eigenvalue weighted by molar-refractivity contribution is 4.88. The summed E-state index contributed by atoms with van der Waals surface area (Å²) in [5.41, 5.74) is 0.601. The fourth-order valence-corrected chi connectivity index (χ4v) is 2.82. The van der Waals surface area contributed by atoms with E-state index in [0.717, 1.165) is 11.8 Å². The van der Waals surface area contributed by atoms with Crippen LogP contribution in [0.5, 0.6) is 0 Å². The zero-order valence-electron chi connectivity index (χ0n) is 10.3. The van der Waals surface area contributed by atoms with Crippen molar-refractivity contribution in [1.29, 1.82) is 0 Å². The van der Waals surface area contributed by atoms with E-state index in [0.29, 0.717) is 5.41 Å². The van der Waals surface area contributed by atoms with Crippen molar-refractivity contribution in [3.8, 4) is 0 Å². The van der Waals surface area contributed by atoms with Crippen LogP contribution in [0.3, 0.4) is 0 Å². The van der Waals surface area contributed by atoms with E-state index >= 15 is 0 Å². The molecule has 1 saturated heterocycles. The standard InChI is InChI=1S/C13H26N2/c1-3-13(4-6-14-7-5-13)10-15-9-12-8-11(12)2/h11-12,14-15H,3-10H2,1-2H3. The lowest BCUT2D eigenvalue weighted by molar-refractivity contribution is 0.185. The Morgan fingerprint density at radius 3 is 2.53 bits per heavy atom. The largest absolute Gasteiger partial charge is 0.317 e. The molecule has 0 amide bonds. The molecule has 0 aromatic heterocycles. The van der Waals surface area contributed by atoms with Gasteiger partial charge in [-0.2, -0.15) is 0 Å². The van der Waals surface area contributed by atoms with Gasteiger partial charge in [0.25, 0.3) is 0 Å². The van der Waals surface area contributed by atoms with Gasteiger partial charge in [0, 0.05) is 6.54 Å². The second kappa shape index (κ2) is 4.84. The zero-order chi connectivity index (χ0) is 10.7. The van der Waals surface area contributed by atoms with Crippen LogP contribution in [0.1, 0.15) is 39.5 Å². The third-order valence-corrected chi connectivity index (χ3v) is 4.60.